The van der Waals surface area contributed by atoms with Crippen molar-refractivity contribution in [3.05, 3.63) is 33.1 Å². The van der Waals surface area contributed by atoms with E-state index < -0.39 is 5.69 Å². The van der Waals surface area contributed by atoms with Gasteiger partial charge in [-0.2, -0.15) is 0 Å². The first kappa shape index (κ1) is 9.48. The lowest BCUT2D eigenvalue weighted by molar-refractivity contribution is 1.04. The molecule has 0 aliphatic carbocycles. The number of hydrogen-bond donors (Lipinski definition) is 3. The summed E-state index contributed by atoms with van der Waals surface area (Å²) in [5, 5.41) is 7.36. The molecular weight excluding hydrogens is 166 g/mol. The lowest BCUT2D eigenvalue weighted by Crippen LogP contribution is -2.19. The SMILES string of the molecule is N=C=S.O=c1cc[nH]c(=O)[nH]1. The number of H-pyrrole nitrogens is 2. The largest absolute Gasteiger partial charge is 0.325 e. The predicted octanol–water partition coefficient (Wildman–Crippen LogP) is -0.269. The highest BCUT2D eigenvalue weighted by atomic mass is 32.1. The number of rotatable bonds is 0. The van der Waals surface area contributed by atoms with E-state index in [4.69, 9.17) is 5.41 Å². The molecule has 0 aliphatic heterocycles. The van der Waals surface area contributed by atoms with Gasteiger partial charge >= 0.3 is 5.69 Å². The summed E-state index contributed by atoms with van der Waals surface area (Å²) in [5.74, 6) is 0. The van der Waals surface area contributed by atoms with Crippen molar-refractivity contribution in [3.63, 3.8) is 0 Å². The number of nitrogens with one attached hydrogen (secondary N) is 3. The van der Waals surface area contributed by atoms with E-state index in [9.17, 15) is 9.59 Å². The van der Waals surface area contributed by atoms with Crippen LogP contribution in [0.15, 0.2) is 21.9 Å². The first-order valence-corrected chi connectivity index (χ1v) is 2.93. The summed E-state index contributed by atoms with van der Waals surface area (Å²) in [6.45, 7) is 0. The van der Waals surface area contributed by atoms with Gasteiger partial charge in [0.1, 0.15) is 0 Å². The van der Waals surface area contributed by atoms with Crippen LogP contribution in [0.2, 0.25) is 0 Å². The maximum atomic E-state index is 10.2. The molecule has 1 aromatic heterocycles. The van der Waals surface area contributed by atoms with Gasteiger partial charge in [0.25, 0.3) is 5.56 Å². The van der Waals surface area contributed by atoms with Gasteiger partial charge in [0, 0.05) is 12.3 Å². The summed E-state index contributed by atoms with van der Waals surface area (Å²) >= 11 is 3.81. The molecule has 6 heteroatoms. The molecule has 0 fully saturated rings. The Hall–Kier alpha value is -1.52. The second-order valence-corrected chi connectivity index (χ2v) is 1.60. The molecule has 0 saturated carbocycles. The molecule has 1 heterocycles. The summed E-state index contributed by atoms with van der Waals surface area (Å²) in [5.41, 5.74) is -0.855. The second kappa shape index (κ2) is 5.28. The van der Waals surface area contributed by atoms with E-state index in [0.717, 1.165) is 0 Å². The van der Waals surface area contributed by atoms with E-state index in [1.54, 1.807) is 5.16 Å². The van der Waals surface area contributed by atoms with Crippen LogP contribution < -0.4 is 11.2 Å². The number of thiocarbonyl (C=S) groups is 1. The monoisotopic (exact) mass is 171 g/mol. The van der Waals surface area contributed by atoms with Crippen LogP contribution in [0.3, 0.4) is 0 Å². The van der Waals surface area contributed by atoms with E-state index >= 15 is 0 Å². The third kappa shape index (κ3) is 4.95. The van der Waals surface area contributed by atoms with Crippen LogP contribution in [0.4, 0.5) is 0 Å². The van der Waals surface area contributed by atoms with Gasteiger partial charge in [-0.3, -0.25) is 9.78 Å². The van der Waals surface area contributed by atoms with Gasteiger partial charge in [-0.15, -0.1) is 0 Å². The molecule has 0 atom stereocenters. The Bertz CT molecular complexity index is 322. The fourth-order valence-electron chi connectivity index (χ4n) is 0.383. The maximum absolute atomic E-state index is 10.2. The maximum Gasteiger partial charge on any atom is 0.325 e. The molecule has 0 spiro atoms. The highest BCUT2D eigenvalue weighted by Crippen LogP contribution is 1.51. The smallest absolute Gasteiger partial charge is 0.314 e. The zero-order valence-electron chi connectivity index (χ0n) is 5.38. The summed E-state index contributed by atoms with van der Waals surface area (Å²) in [4.78, 5) is 24.7. The Labute approximate surface area is 66.6 Å². The fraction of sp³-hybridized carbons (Fsp3) is 0. The van der Waals surface area contributed by atoms with Crippen LogP contribution >= 0.6 is 12.2 Å². The predicted molar refractivity (Wildman–Crippen MR) is 43.0 cm³/mol. The zero-order valence-corrected chi connectivity index (χ0v) is 6.20. The lowest BCUT2D eigenvalue weighted by Gasteiger charge is -1.75. The van der Waals surface area contributed by atoms with E-state index in [1.165, 1.54) is 12.3 Å². The molecule has 0 unspecified atom stereocenters. The Kier molecular flexibility index (Phi) is 4.55. The molecular formula is C5H5N3O2S. The molecule has 0 aliphatic rings. The molecule has 1 rings (SSSR count). The van der Waals surface area contributed by atoms with E-state index in [-0.39, 0.29) is 5.56 Å². The molecule has 1 aromatic rings. The Morgan fingerprint density at radius 2 is 2.09 bits per heavy atom. The third-order valence-electron chi connectivity index (χ3n) is 0.686. The minimum Gasteiger partial charge on any atom is -0.314 e. The van der Waals surface area contributed by atoms with Gasteiger partial charge in [-0.25, -0.2) is 10.2 Å². The molecule has 0 bridgehead atoms. The van der Waals surface area contributed by atoms with Crippen LogP contribution in [0.25, 0.3) is 0 Å². The van der Waals surface area contributed by atoms with Crippen molar-refractivity contribution in [3.8, 4) is 0 Å². The minimum absolute atomic E-state index is 0.381. The van der Waals surface area contributed by atoms with Crippen molar-refractivity contribution in [2.45, 2.75) is 0 Å². The average Bonchev–Trinajstić information content (AvgIpc) is 1.88. The topological polar surface area (TPSA) is 89.6 Å². The first-order chi connectivity index (χ1) is 5.20. The Balaban J connectivity index is 0.000000292. The van der Waals surface area contributed by atoms with Gasteiger partial charge in [-0.1, -0.05) is 0 Å². The van der Waals surface area contributed by atoms with E-state index in [2.05, 4.69) is 17.2 Å². The van der Waals surface area contributed by atoms with Crippen LogP contribution in [-0.4, -0.2) is 15.1 Å². The normalized spacial score (nSPS) is 7.27. The molecule has 0 radical (unpaired) electrons. The quantitative estimate of drug-likeness (QED) is 0.371. The molecule has 58 valence electrons. The van der Waals surface area contributed by atoms with Crippen molar-refractivity contribution >= 4 is 17.4 Å². The van der Waals surface area contributed by atoms with E-state index in [0.29, 0.717) is 0 Å². The zero-order chi connectivity index (χ0) is 8.69. The van der Waals surface area contributed by atoms with Crippen LogP contribution in [0, 0.1) is 5.41 Å². The lowest BCUT2D eigenvalue weighted by atomic mass is 10.7. The average molecular weight is 171 g/mol. The van der Waals surface area contributed by atoms with Crippen LogP contribution in [-0.2, 0) is 0 Å². The van der Waals surface area contributed by atoms with Gasteiger partial charge in [0.2, 0.25) is 0 Å². The molecule has 3 N–H and O–H groups in total. The van der Waals surface area contributed by atoms with Gasteiger partial charge in [0.05, 0.1) is 5.16 Å². The van der Waals surface area contributed by atoms with Crippen molar-refractivity contribution in [2.24, 2.45) is 0 Å². The Morgan fingerprint density at radius 3 is 2.36 bits per heavy atom. The standard InChI is InChI=1S/C4H4N2O2.CHNS/c7-3-1-2-5-4(8)6-3;2-1-3/h1-2H,(H2,5,6,7,8);2H. The summed E-state index contributed by atoms with van der Waals surface area (Å²) < 4.78 is 0. The number of hydrogen-bond acceptors (Lipinski definition) is 4. The van der Waals surface area contributed by atoms with Crippen LogP contribution in [0.1, 0.15) is 0 Å². The highest BCUT2D eigenvalue weighted by molar-refractivity contribution is 7.78. The fourth-order valence-corrected chi connectivity index (χ4v) is 0.383. The van der Waals surface area contributed by atoms with Gasteiger partial charge in [-0.05, 0) is 12.2 Å². The first-order valence-electron chi connectivity index (χ1n) is 2.52. The number of aromatic nitrogens is 2. The molecule has 0 saturated heterocycles. The summed E-state index contributed by atoms with van der Waals surface area (Å²) in [6.07, 6.45) is 1.29. The number of aromatic amines is 2. The van der Waals surface area contributed by atoms with Crippen LogP contribution in [0.5, 0.6) is 0 Å². The minimum atomic E-state index is -0.475. The molecule has 0 aromatic carbocycles. The highest BCUT2D eigenvalue weighted by Gasteiger charge is 1.77. The van der Waals surface area contributed by atoms with Crippen molar-refractivity contribution in [1.82, 2.24) is 9.97 Å². The second-order valence-electron chi connectivity index (χ2n) is 1.40. The summed E-state index contributed by atoms with van der Waals surface area (Å²) in [7, 11) is 0. The third-order valence-corrected chi connectivity index (χ3v) is 0.686. The summed E-state index contributed by atoms with van der Waals surface area (Å²) in [6, 6.07) is 1.24. The molecule has 5 nitrogen and oxygen atoms in total. The molecule has 0 amide bonds. The van der Waals surface area contributed by atoms with E-state index in [1.807, 2.05) is 4.98 Å². The van der Waals surface area contributed by atoms with Gasteiger partial charge < -0.3 is 4.98 Å². The number of isothiocyanates is 1. The van der Waals surface area contributed by atoms with Gasteiger partial charge in [0.15, 0.2) is 0 Å². The van der Waals surface area contributed by atoms with Crippen molar-refractivity contribution < 1.29 is 0 Å². The van der Waals surface area contributed by atoms with Crippen molar-refractivity contribution in [2.75, 3.05) is 0 Å². The Morgan fingerprint density at radius 1 is 1.55 bits per heavy atom. The van der Waals surface area contributed by atoms with Crippen molar-refractivity contribution in [1.29, 1.82) is 5.41 Å². The molecule has 11 heavy (non-hydrogen) atoms.